The molecule has 6 nitrogen and oxygen atoms in total. The molecule has 0 fully saturated rings. The molecule has 0 saturated carbocycles. The Morgan fingerprint density at radius 1 is 1.45 bits per heavy atom. The number of fused-ring (bicyclic) bond motifs is 2. The molecule has 0 bridgehead atoms. The van der Waals surface area contributed by atoms with Crippen molar-refractivity contribution in [3.05, 3.63) is 23.3 Å². The van der Waals surface area contributed by atoms with Gasteiger partial charge in [-0.15, -0.1) is 0 Å². The van der Waals surface area contributed by atoms with E-state index >= 15 is 0 Å². The molecule has 1 N–H and O–H groups in total. The zero-order valence-corrected chi connectivity index (χ0v) is 11.4. The second-order valence-corrected chi connectivity index (χ2v) is 5.37. The molecule has 6 heteroatoms. The number of ether oxygens (including phenoxy) is 1. The van der Waals surface area contributed by atoms with Gasteiger partial charge in [0.2, 0.25) is 5.78 Å². The standard InChI is InChI=1S/C14H14N2O4/c1-7(17)20-16-11-5-8-4-10-12(6-9(8)13(11)18)19-14(2,3)15-10/h4,6,15H,5H2,1-3H3. The van der Waals surface area contributed by atoms with Gasteiger partial charge in [0.1, 0.15) is 11.5 Å². The van der Waals surface area contributed by atoms with Crippen LogP contribution in [0.1, 0.15) is 36.7 Å². The Morgan fingerprint density at radius 2 is 2.20 bits per heavy atom. The quantitative estimate of drug-likeness (QED) is 0.625. The third kappa shape index (κ3) is 2.03. The number of rotatable bonds is 1. The van der Waals surface area contributed by atoms with Crippen LogP contribution in [0, 0.1) is 0 Å². The summed E-state index contributed by atoms with van der Waals surface area (Å²) in [5.41, 5.74) is 2.02. The second kappa shape index (κ2) is 4.06. The minimum atomic E-state index is -0.546. The van der Waals surface area contributed by atoms with Crippen molar-refractivity contribution in [1.29, 1.82) is 0 Å². The molecule has 20 heavy (non-hydrogen) atoms. The van der Waals surface area contributed by atoms with Crippen molar-refractivity contribution in [2.24, 2.45) is 5.16 Å². The Morgan fingerprint density at radius 3 is 2.90 bits per heavy atom. The van der Waals surface area contributed by atoms with E-state index in [2.05, 4.69) is 15.3 Å². The van der Waals surface area contributed by atoms with Crippen LogP contribution in [0.5, 0.6) is 5.75 Å². The fraction of sp³-hybridized carbons (Fsp3) is 0.357. The number of benzene rings is 1. The summed E-state index contributed by atoms with van der Waals surface area (Å²) in [6, 6.07) is 3.60. The first-order chi connectivity index (χ1) is 9.35. The average Bonchev–Trinajstić information content (AvgIpc) is 2.79. The highest BCUT2D eigenvalue weighted by atomic mass is 16.7. The van der Waals surface area contributed by atoms with Crippen LogP contribution in [0.15, 0.2) is 17.3 Å². The van der Waals surface area contributed by atoms with Crippen LogP contribution in [0.2, 0.25) is 0 Å². The SMILES string of the molecule is CC(=O)ON=C1Cc2cc3c(cc2C1=O)OC(C)(C)N3. The molecule has 1 aliphatic carbocycles. The highest BCUT2D eigenvalue weighted by Crippen LogP contribution is 2.40. The molecular formula is C14H14N2O4. The molecule has 0 saturated heterocycles. The third-order valence-electron chi connectivity index (χ3n) is 3.16. The van der Waals surface area contributed by atoms with Crippen LogP contribution in [-0.4, -0.2) is 23.2 Å². The normalized spacial score (nSPS) is 20.1. The number of hydrogen-bond donors (Lipinski definition) is 1. The lowest BCUT2D eigenvalue weighted by Crippen LogP contribution is -2.31. The van der Waals surface area contributed by atoms with E-state index in [1.807, 2.05) is 19.9 Å². The number of nitrogens with zero attached hydrogens (tertiary/aromatic N) is 1. The first-order valence-corrected chi connectivity index (χ1v) is 6.29. The Labute approximate surface area is 115 Å². The highest BCUT2D eigenvalue weighted by Gasteiger charge is 2.34. The van der Waals surface area contributed by atoms with E-state index in [0.29, 0.717) is 17.7 Å². The Hall–Kier alpha value is -2.37. The zero-order valence-electron chi connectivity index (χ0n) is 11.4. The van der Waals surface area contributed by atoms with Gasteiger partial charge in [-0.25, -0.2) is 4.79 Å². The van der Waals surface area contributed by atoms with Crippen molar-refractivity contribution in [1.82, 2.24) is 0 Å². The molecule has 3 rings (SSSR count). The topological polar surface area (TPSA) is 77.0 Å². The molecular weight excluding hydrogens is 260 g/mol. The van der Waals surface area contributed by atoms with E-state index in [0.717, 1.165) is 11.3 Å². The molecule has 1 heterocycles. The van der Waals surface area contributed by atoms with E-state index in [1.54, 1.807) is 6.07 Å². The van der Waals surface area contributed by atoms with Gasteiger partial charge in [0.25, 0.3) is 0 Å². The van der Waals surface area contributed by atoms with E-state index < -0.39 is 11.7 Å². The number of Topliss-reactive ketones (excluding diaryl/α,β-unsaturated/α-hetero) is 1. The Kier molecular flexibility index (Phi) is 2.57. The number of carbonyl (C=O) groups excluding carboxylic acids is 2. The monoisotopic (exact) mass is 274 g/mol. The fourth-order valence-corrected chi connectivity index (χ4v) is 2.40. The van der Waals surface area contributed by atoms with E-state index in [-0.39, 0.29) is 11.5 Å². The molecule has 1 aromatic rings. The van der Waals surface area contributed by atoms with Crippen molar-refractivity contribution in [2.75, 3.05) is 5.32 Å². The number of nitrogens with one attached hydrogen (secondary N) is 1. The van der Waals surface area contributed by atoms with Gasteiger partial charge in [-0.3, -0.25) is 4.79 Å². The van der Waals surface area contributed by atoms with Crippen molar-refractivity contribution in [3.8, 4) is 5.75 Å². The van der Waals surface area contributed by atoms with Crippen LogP contribution in [0.3, 0.4) is 0 Å². The summed E-state index contributed by atoms with van der Waals surface area (Å²) in [6.45, 7) is 5.06. The summed E-state index contributed by atoms with van der Waals surface area (Å²) >= 11 is 0. The molecule has 0 aromatic heterocycles. The summed E-state index contributed by atoms with van der Waals surface area (Å²) in [7, 11) is 0. The summed E-state index contributed by atoms with van der Waals surface area (Å²) < 4.78 is 5.71. The van der Waals surface area contributed by atoms with Crippen molar-refractivity contribution < 1.29 is 19.2 Å². The maximum absolute atomic E-state index is 12.2. The minimum Gasteiger partial charge on any atom is -0.467 e. The largest absolute Gasteiger partial charge is 0.467 e. The molecule has 104 valence electrons. The van der Waals surface area contributed by atoms with Crippen LogP contribution in [0.4, 0.5) is 5.69 Å². The van der Waals surface area contributed by atoms with Crippen LogP contribution in [-0.2, 0) is 16.1 Å². The average molecular weight is 274 g/mol. The van der Waals surface area contributed by atoms with Gasteiger partial charge in [0.15, 0.2) is 5.72 Å². The van der Waals surface area contributed by atoms with Crippen LogP contribution in [0.25, 0.3) is 0 Å². The molecule has 0 unspecified atom stereocenters. The second-order valence-electron chi connectivity index (χ2n) is 5.37. The first-order valence-electron chi connectivity index (χ1n) is 6.29. The minimum absolute atomic E-state index is 0.225. The number of ketones is 1. The maximum Gasteiger partial charge on any atom is 0.331 e. The first kappa shape index (κ1) is 12.7. The molecule has 1 aromatic carbocycles. The lowest BCUT2D eigenvalue weighted by atomic mass is 10.1. The predicted molar refractivity (Wildman–Crippen MR) is 72.0 cm³/mol. The Bertz CT molecular complexity index is 661. The van der Waals surface area contributed by atoms with E-state index in [4.69, 9.17) is 4.74 Å². The van der Waals surface area contributed by atoms with Crippen molar-refractivity contribution >= 4 is 23.2 Å². The number of anilines is 1. The van der Waals surface area contributed by atoms with Gasteiger partial charge < -0.3 is 14.9 Å². The van der Waals surface area contributed by atoms with Crippen molar-refractivity contribution in [2.45, 2.75) is 32.9 Å². The Balaban J connectivity index is 1.94. The van der Waals surface area contributed by atoms with Gasteiger partial charge in [0.05, 0.1) is 5.69 Å². The summed E-state index contributed by atoms with van der Waals surface area (Å²) in [4.78, 5) is 27.5. The van der Waals surface area contributed by atoms with Crippen molar-refractivity contribution in [3.63, 3.8) is 0 Å². The van der Waals surface area contributed by atoms with Gasteiger partial charge in [-0.2, -0.15) is 0 Å². The fourth-order valence-electron chi connectivity index (χ4n) is 2.40. The van der Waals surface area contributed by atoms with Gasteiger partial charge in [-0.1, -0.05) is 5.16 Å². The maximum atomic E-state index is 12.2. The molecule has 1 aliphatic heterocycles. The van der Waals surface area contributed by atoms with Crippen LogP contribution < -0.4 is 10.1 Å². The molecule has 2 aliphatic rings. The number of carbonyl (C=O) groups is 2. The smallest absolute Gasteiger partial charge is 0.331 e. The van der Waals surface area contributed by atoms with E-state index in [1.165, 1.54) is 6.92 Å². The number of hydrogen-bond acceptors (Lipinski definition) is 6. The van der Waals surface area contributed by atoms with Crippen LogP contribution >= 0.6 is 0 Å². The molecule has 0 atom stereocenters. The third-order valence-corrected chi connectivity index (χ3v) is 3.16. The lowest BCUT2D eigenvalue weighted by molar-refractivity contribution is -0.140. The molecule has 0 amide bonds. The number of oxime groups is 1. The summed E-state index contributed by atoms with van der Waals surface area (Å²) in [5.74, 6) is -0.122. The summed E-state index contributed by atoms with van der Waals surface area (Å²) in [5, 5.41) is 6.83. The van der Waals surface area contributed by atoms with E-state index in [9.17, 15) is 9.59 Å². The highest BCUT2D eigenvalue weighted by molar-refractivity contribution is 6.49. The summed E-state index contributed by atoms with van der Waals surface area (Å²) in [6.07, 6.45) is 0.358. The van der Waals surface area contributed by atoms with Gasteiger partial charge >= 0.3 is 5.97 Å². The molecule has 0 spiro atoms. The predicted octanol–water partition coefficient (Wildman–Crippen LogP) is 1.88. The zero-order chi connectivity index (χ0) is 14.5. The molecule has 0 radical (unpaired) electrons. The van der Waals surface area contributed by atoms with Gasteiger partial charge in [0, 0.05) is 18.9 Å². The lowest BCUT2D eigenvalue weighted by Gasteiger charge is -2.17. The van der Waals surface area contributed by atoms with Gasteiger partial charge in [-0.05, 0) is 31.5 Å².